The maximum atomic E-state index is 13.0. The zero-order valence-electron chi connectivity index (χ0n) is 16.0. The molecule has 3 aromatic carbocycles. The second-order valence-corrected chi connectivity index (χ2v) is 7.78. The third-order valence-corrected chi connectivity index (χ3v) is 5.74. The number of aromatic nitrogens is 2. The molecular formula is C23H20BrN3O. The summed E-state index contributed by atoms with van der Waals surface area (Å²) in [4.78, 5) is 17.6. The molecule has 5 heteroatoms. The first kappa shape index (κ1) is 18.4. The summed E-state index contributed by atoms with van der Waals surface area (Å²) >= 11 is 3.58. The molecule has 0 radical (unpaired) electrons. The van der Waals surface area contributed by atoms with Gasteiger partial charge in [0.05, 0.1) is 16.9 Å². The molecule has 0 atom stereocenters. The van der Waals surface area contributed by atoms with Crippen LogP contribution in [0, 0.1) is 20.8 Å². The summed E-state index contributed by atoms with van der Waals surface area (Å²) in [5.41, 5.74) is 5.24. The predicted octanol–water partition coefficient (Wildman–Crippen LogP) is 5.76. The van der Waals surface area contributed by atoms with Gasteiger partial charge in [-0.25, -0.2) is 4.68 Å². The Balaban J connectivity index is 1.78. The summed E-state index contributed by atoms with van der Waals surface area (Å²) in [5.74, 6) is 0. The van der Waals surface area contributed by atoms with Crippen molar-refractivity contribution in [2.24, 2.45) is 4.99 Å². The highest BCUT2D eigenvalue weighted by Gasteiger charge is 2.11. The van der Waals surface area contributed by atoms with Crippen LogP contribution in [0.4, 0.5) is 5.69 Å². The fraction of sp³-hybridized carbons (Fsp3) is 0.130. The highest BCUT2D eigenvalue weighted by molar-refractivity contribution is 9.10. The van der Waals surface area contributed by atoms with Crippen LogP contribution in [-0.2, 0) is 0 Å². The molecule has 0 fully saturated rings. The first-order valence-electron chi connectivity index (χ1n) is 9.06. The Morgan fingerprint density at radius 1 is 0.964 bits per heavy atom. The number of aryl methyl sites for hydroxylation is 3. The SMILES string of the molecule is Cc1ccc(-n2[nH]c(C)c(C=Nc3ccc(Br)c4ccccc34)c2=O)cc1C. The molecule has 140 valence electrons. The number of rotatable bonds is 3. The van der Waals surface area contributed by atoms with E-state index in [1.807, 2.05) is 68.4 Å². The lowest BCUT2D eigenvalue weighted by molar-refractivity contribution is 0.833. The molecule has 0 bridgehead atoms. The average molecular weight is 434 g/mol. The van der Waals surface area contributed by atoms with Gasteiger partial charge in [0, 0.05) is 21.8 Å². The molecule has 0 aliphatic carbocycles. The van der Waals surface area contributed by atoms with Crippen LogP contribution in [0.15, 0.2) is 68.9 Å². The van der Waals surface area contributed by atoms with E-state index >= 15 is 0 Å². The molecule has 0 amide bonds. The van der Waals surface area contributed by atoms with E-state index in [1.54, 1.807) is 10.9 Å². The lowest BCUT2D eigenvalue weighted by Crippen LogP contribution is -2.17. The van der Waals surface area contributed by atoms with E-state index < -0.39 is 0 Å². The van der Waals surface area contributed by atoms with Gasteiger partial charge in [0.15, 0.2) is 0 Å². The second-order valence-electron chi connectivity index (χ2n) is 6.93. The van der Waals surface area contributed by atoms with Crippen molar-refractivity contribution in [3.8, 4) is 5.69 Å². The fourth-order valence-corrected chi connectivity index (χ4v) is 3.73. The van der Waals surface area contributed by atoms with E-state index in [0.29, 0.717) is 5.56 Å². The van der Waals surface area contributed by atoms with Crippen LogP contribution in [0.2, 0.25) is 0 Å². The van der Waals surface area contributed by atoms with E-state index in [1.165, 1.54) is 5.56 Å². The molecule has 4 rings (SSSR count). The fourth-order valence-electron chi connectivity index (χ4n) is 3.25. The van der Waals surface area contributed by atoms with Crippen LogP contribution in [0.25, 0.3) is 16.5 Å². The Morgan fingerprint density at radius 2 is 1.71 bits per heavy atom. The zero-order valence-corrected chi connectivity index (χ0v) is 17.5. The molecule has 28 heavy (non-hydrogen) atoms. The third kappa shape index (κ3) is 3.22. The number of H-pyrrole nitrogens is 1. The van der Waals surface area contributed by atoms with E-state index in [9.17, 15) is 4.79 Å². The van der Waals surface area contributed by atoms with Gasteiger partial charge in [-0.05, 0) is 61.5 Å². The lowest BCUT2D eigenvalue weighted by Gasteiger charge is -2.05. The normalized spacial score (nSPS) is 11.6. The molecule has 0 unspecified atom stereocenters. The van der Waals surface area contributed by atoms with Gasteiger partial charge in [0.1, 0.15) is 0 Å². The Labute approximate surface area is 171 Å². The van der Waals surface area contributed by atoms with Gasteiger partial charge in [0.2, 0.25) is 0 Å². The minimum atomic E-state index is -0.106. The standard InChI is InChI=1S/C23H20BrN3O/c1-14-8-9-17(12-15(14)2)27-23(28)20(16(3)26-27)13-25-22-11-10-21(24)18-6-4-5-7-19(18)22/h4-13,26H,1-3H3. The Morgan fingerprint density at radius 3 is 2.46 bits per heavy atom. The third-order valence-electron chi connectivity index (χ3n) is 5.05. The molecule has 0 saturated carbocycles. The molecule has 0 aliphatic heterocycles. The molecule has 0 spiro atoms. The van der Waals surface area contributed by atoms with Crippen LogP contribution in [0.1, 0.15) is 22.4 Å². The van der Waals surface area contributed by atoms with Crippen molar-refractivity contribution in [3.63, 3.8) is 0 Å². The molecule has 1 N–H and O–H groups in total. The highest BCUT2D eigenvalue weighted by Crippen LogP contribution is 2.31. The van der Waals surface area contributed by atoms with E-state index in [-0.39, 0.29) is 5.56 Å². The number of nitrogens with one attached hydrogen (secondary N) is 1. The van der Waals surface area contributed by atoms with Crippen molar-refractivity contribution in [3.05, 3.63) is 91.8 Å². The van der Waals surface area contributed by atoms with Crippen LogP contribution in [-0.4, -0.2) is 16.0 Å². The smallest absolute Gasteiger partial charge is 0.280 e. The predicted molar refractivity (Wildman–Crippen MR) is 120 cm³/mol. The number of hydrogen-bond acceptors (Lipinski definition) is 2. The lowest BCUT2D eigenvalue weighted by atomic mass is 10.1. The number of aromatic amines is 1. The molecule has 0 saturated heterocycles. The minimum absolute atomic E-state index is 0.106. The van der Waals surface area contributed by atoms with Crippen molar-refractivity contribution < 1.29 is 0 Å². The summed E-state index contributed by atoms with van der Waals surface area (Å²) in [6.07, 6.45) is 1.65. The van der Waals surface area contributed by atoms with Crippen molar-refractivity contribution in [1.29, 1.82) is 0 Å². The topological polar surface area (TPSA) is 50.1 Å². The van der Waals surface area contributed by atoms with Gasteiger partial charge >= 0.3 is 0 Å². The van der Waals surface area contributed by atoms with Crippen LogP contribution in [0.3, 0.4) is 0 Å². The van der Waals surface area contributed by atoms with Crippen LogP contribution >= 0.6 is 15.9 Å². The van der Waals surface area contributed by atoms with E-state index in [2.05, 4.69) is 32.9 Å². The van der Waals surface area contributed by atoms with Crippen molar-refractivity contribution >= 4 is 38.6 Å². The van der Waals surface area contributed by atoms with Gasteiger partial charge < -0.3 is 0 Å². The molecule has 0 aliphatic rings. The second kappa shape index (κ2) is 7.24. The van der Waals surface area contributed by atoms with Crippen LogP contribution in [0.5, 0.6) is 0 Å². The van der Waals surface area contributed by atoms with Crippen molar-refractivity contribution in [2.75, 3.05) is 0 Å². The molecular weight excluding hydrogens is 414 g/mol. The summed E-state index contributed by atoms with van der Waals surface area (Å²) in [5, 5.41) is 5.29. The van der Waals surface area contributed by atoms with Gasteiger partial charge in [-0.3, -0.25) is 14.9 Å². The molecule has 4 aromatic rings. The number of aliphatic imine (C=N–C) groups is 1. The minimum Gasteiger partial charge on any atom is -0.295 e. The largest absolute Gasteiger partial charge is 0.295 e. The van der Waals surface area contributed by atoms with E-state index in [4.69, 9.17) is 0 Å². The number of halogens is 1. The zero-order chi connectivity index (χ0) is 19.8. The van der Waals surface area contributed by atoms with E-state index in [0.717, 1.165) is 37.9 Å². The highest BCUT2D eigenvalue weighted by atomic mass is 79.9. The summed E-state index contributed by atoms with van der Waals surface area (Å²) in [6.45, 7) is 5.99. The maximum absolute atomic E-state index is 13.0. The number of benzene rings is 3. The molecule has 1 aromatic heterocycles. The van der Waals surface area contributed by atoms with Gasteiger partial charge in [0.25, 0.3) is 5.56 Å². The summed E-state index contributed by atoms with van der Waals surface area (Å²) in [6, 6.07) is 18.0. The van der Waals surface area contributed by atoms with Crippen molar-refractivity contribution in [2.45, 2.75) is 20.8 Å². The Bertz CT molecular complexity index is 1280. The summed E-state index contributed by atoms with van der Waals surface area (Å²) in [7, 11) is 0. The summed E-state index contributed by atoms with van der Waals surface area (Å²) < 4.78 is 2.60. The Hall–Kier alpha value is -2.92. The quantitative estimate of drug-likeness (QED) is 0.410. The van der Waals surface area contributed by atoms with Gasteiger partial charge in [-0.2, -0.15) is 0 Å². The first-order valence-corrected chi connectivity index (χ1v) is 9.85. The maximum Gasteiger partial charge on any atom is 0.280 e. The monoisotopic (exact) mass is 433 g/mol. The number of nitrogens with zero attached hydrogens (tertiary/aromatic N) is 2. The Kier molecular flexibility index (Phi) is 4.77. The molecule has 4 nitrogen and oxygen atoms in total. The number of fused-ring (bicyclic) bond motifs is 1. The molecule has 1 heterocycles. The van der Waals surface area contributed by atoms with Crippen molar-refractivity contribution in [1.82, 2.24) is 9.78 Å². The average Bonchev–Trinajstić information content (AvgIpc) is 2.98. The van der Waals surface area contributed by atoms with Gasteiger partial charge in [-0.1, -0.05) is 46.3 Å². The number of hydrogen-bond donors (Lipinski definition) is 1. The van der Waals surface area contributed by atoms with Crippen LogP contribution < -0.4 is 5.56 Å². The first-order chi connectivity index (χ1) is 13.5. The van der Waals surface area contributed by atoms with Gasteiger partial charge in [-0.15, -0.1) is 0 Å².